The third-order valence-electron chi connectivity index (χ3n) is 3.80. The van der Waals surface area contributed by atoms with E-state index in [-0.39, 0.29) is 6.61 Å². The molecule has 1 N–H and O–H groups in total. The van der Waals surface area contributed by atoms with Crippen LogP contribution in [0, 0.1) is 5.92 Å². The van der Waals surface area contributed by atoms with Crippen LogP contribution in [0.4, 0.5) is 0 Å². The molecule has 1 aromatic rings. The third-order valence-corrected chi connectivity index (χ3v) is 3.80. The zero-order chi connectivity index (χ0) is 13.0. The number of hydrogen-bond donors (Lipinski definition) is 1. The maximum absolute atomic E-state index is 8.84. The lowest BCUT2D eigenvalue weighted by Gasteiger charge is -2.34. The van der Waals surface area contributed by atoms with Crippen molar-refractivity contribution in [3.05, 3.63) is 17.8 Å². The van der Waals surface area contributed by atoms with Crippen molar-refractivity contribution in [2.24, 2.45) is 5.92 Å². The van der Waals surface area contributed by atoms with Crippen molar-refractivity contribution >= 4 is 0 Å². The normalized spacial score (nSPS) is 18.7. The van der Waals surface area contributed by atoms with Gasteiger partial charge in [0.05, 0.1) is 12.8 Å². The summed E-state index contributed by atoms with van der Waals surface area (Å²) in [5, 5.41) is 8.84. The molecule has 0 radical (unpaired) electrons. The van der Waals surface area contributed by atoms with Crippen molar-refractivity contribution in [3.8, 4) is 0 Å². The van der Waals surface area contributed by atoms with E-state index >= 15 is 0 Å². The fourth-order valence-electron chi connectivity index (χ4n) is 2.59. The highest BCUT2D eigenvalue weighted by Gasteiger charge is 2.22. The number of oxazole rings is 1. The van der Waals surface area contributed by atoms with Crippen LogP contribution in [-0.4, -0.2) is 40.7 Å². The second kappa shape index (κ2) is 6.34. The van der Waals surface area contributed by atoms with Gasteiger partial charge in [-0.25, -0.2) is 4.98 Å². The number of piperidine rings is 1. The molecule has 0 atom stereocenters. The minimum atomic E-state index is 0.126. The van der Waals surface area contributed by atoms with Gasteiger partial charge >= 0.3 is 0 Å². The first-order valence-corrected chi connectivity index (χ1v) is 6.97. The molecule has 1 aliphatic heterocycles. The molecule has 0 aliphatic carbocycles. The zero-order valence-corrected chi connectivity index (χ0v) is 11.4. The summed E-state index contributed by atoms with van der Waals surface area (Å²) in [6.45, 7) is 7.02. The number of nitrogens with zero attached hydrogens (tertiary/aromatic N) is 2. The lowest BCUT2D eigenvalue weighted by atomic mass is 9.93. The molecule has 102 valence electrons. The molecule has 0 amide bonds. The van der Waals surface area contributed by atoms with Crippen LogP contribution in [0.15, 0.2) is 10.6 Å². The van der Waals surface area contributed by atoms with Gasteiger partial charge in [0.15, 0.2) is 5.89 Å². The van der Waals surface area contributed by atoms with Gasteiger partial charge < -0.3 is 14.4 Å². The quantitative estimate of drug-likeness (QED) is 0.869. The topological polar surface area (TPSA) is 49.5 Å². The van der Waals surface area contributed by atoms with Crippen LogP contribution in [0.2, 0.25) is 0 Å². The highest BCUT2D eigenvalue weighted by molar-refractivity contribution is 4.95. The molecule has 2 heterocycles. The molecule has 1 fully saturated rings. The fourth-order valence-corrected chi connectivity index (χ4v) is 2.59. The maximum atomic E-state index is 8.84. The van der Waals surface area contributed by atoms with Crippen LogP contribution in [0.3, 0.4) is 0 Å². The Balaban J connectivity index is 1.80. The van der Waals surface area contributed by atoms with E-state index in [1.807, 2.05) is 0 Å². The van der Waals surface area contributed by atoms with Gasteiger partial charge in [0.2, 0.25) is 0 Å². The Morgan fingerprint density at radius 2 is 2.17 bits per heavy atom. The molecule has 0 unspecified atom stereocenters. The van der Waals surface area contributed by atoms with Gasteiger partial charge in [0, 0.05) is 18.9 Å². The second-order valence-electron chi connectivity index (χ2n) is 5.47. The molecule has 0 bridgehead atoms. The molecular weight excluding hydrogens is 228 g/mol. The van der Waals surface area contributed by atoms with Gasteiger partial charge in [-0.15, -0.1) is 0 Å². The number of aliphatic hydroxyl groups is 1. The summed E-state index contributed by atoms with van der Waals surface area (Å²) in [5.41, 5.74) is 0. The summed E-state index contributed by atoms with van der Waals surface area (Å²) in [5.74, 6) is 2.33. The van der Waals surface area contributed by atoms with E-state index in [2.05, 4.69) is 23.7 Å². The van der Waals surface area contributed by atoms with Gasteiger partial charge in [0.25, 0.3) is 0 Å². The predicted molar refractivity (Wildman–Crippen MR) is 70.4 cm³/mol. The number of hydrogen-bond acceptors (Lipinski definition) is 4. The Kier molecular flexibility index (Phi) is 4.78. The molecule has 1 saturated heterocycles. The van der Waals surface area contributed by atoms with E-state index in [0.717, 1.165) is 18.1 Å². The molecule has 2 rings (SSSR count). The van der Waals surface area contributed by atoms with Crippen molar-refractivity contribution in [1.29, 1.82) is 0 Å². The van der Waals surface area contributed by atoms with E-state index in [1.54, 1.807) is 6.20 Å². The average Bonchev–Trinajstić information content (AvgIpc) is 2.78. The van der Waals surface area contributed by atoms with Crippen molar-refractivity contribution < 1.29 is 9.52 Å². The van der Waals surface area contributed by atoms with Crippen LogP contribution in [-0.2, 0) is 12.8 Å². The minimum absolute atomic E-state index is 0.126. The van der Waals surface area contributed by atoms with Crippen LogP contribution in [0.25, 0.3) is 0 Å². The van der Waals surface area contributed by atoms with E-state index in [4.69, 9.17) is 9.52 Å². The molecule has 0 aromatic carbocycles. The standard InChI is InChI=1S/C14H24N2O2/c1-11(2)16-6-3-12(4-7-16)9-14-15-10-13(18-14)5-8-17/h10-12,17H,3-9H2,1-2H3. The van der Waals surface area contributed by atoms with Crippen LogP contribution in [0.5, 0.6) is 0 Å². The van der Waals surface area contributed by atoms with E-state index in [1.165, 1.54) is 25.9 Å². The van der Waals surface area contributed by atoms with Crippen molar-refractivity contribution in [2.75, 3.05) is 19.7 Å². The minimum Gasteiger partial charge on any atom is -0.446 e. The van der Waals surface area contributed by atoms with Crippen LogP contribution in [0.1, 0.15) is 38.3 Å². The summed E-state index contributed by atoms with van der Waals surface area (Å²) >= 11 is 0. The molecule has 18 heavy (non-hydrogen) atoms. The average molecular weight is 252 g/mol. The molecule has 0 saturated carbocycles. The Bertz CT molecular complexity index is 354. The largest absolute Gasteiger partial charge is 0.446 e. The fraction of sp³-hybridized carbons (Fsp3) is 0.786. The third kappa shape index (κ3) is 3.56. The number of aliphatic hydroxyl groups excluding tert-OH is 1. The summed E-state index contributed by atoms with van der Waals surface area (Å²) < 4.78 is 5.62. The number of aromatic nitrogens is 1. The summed E-state index contributed by atoms with van der Waals surface area (Å²) in [7, 11) is 0. The highest BCUT2D eigenvalue weighted by atomic mass is 16.4. The molecule has 1 aliphatic rings. The lowest BCUT2D eigenvalue weighted by Crippen LogP contribution is -2.38. The molecule has 0 spiro atoms. The van der Waals surface area contributed by atoms with Crippen molar-refractivity contribution in [2.45, 2.75) is 45.6 Å². The van der Waals surface area contributed by atoms with Gasteiger partial charge in [-0.2, -0.15) is 0 Å². The summed E-state index contributed by atoms with van der Waals surface area (Å²) in [4.78, 5) is 6.82. The Morgan fingerprint density at radius 3 is 2.78 bits per heavy atom. The first-order chi connectivity index (χ1) is 8.69. The molecule has 1 aromatic heterocycles. The molecular formula is C14H24N2O2. The van der Waals surface area contributed by atoms with Gasteiger partial charge in [-0.05, 0) is 45.7 Å². The predicted octanol–water partition coefficient (Wildman–Crippen LogP) is 1.87. The second-order valence-corrected chi connectivity index (χ2v) is 5.47. The van der Waals surface area contributed by atoms with Crippen molar-refractivity contribution in [3.63, 3.8) is 0 Å². The van der Waals surface area contributed by atoms with Crippen LogP contribution >= 0.6 is 0 Å². The van der Waals surface area contributed by atoms with E-state index in [0.29, 0.717) is 18.4 Å². The zero-order valence-electron chi connectivity index (χ0n) is 11.4. The highest BCUT2D eigenvalue weighted by Crippen LogP contribution is 2.22. The maximum Gasteiger partial charge on any atom is 0.194 e. The Morgan fingerprint density at radius 1 is 1.44 bits per heavy atom. The monoisotopic (exact) mass is 252 g/mol. The first kappa shape index (κ1) is 13.6. The first-order valence-electron chi connectivity index (χ1n) is 6.97. The van der Waals surface area contributed by atoms with E-state index in [9.17, 15) is 0 Å². The van der Waals surface area contributed by atoms with Gasteiger partial charge in [0.1, 0.15) is 5.76 Å². The molecule has 4 heteroatoms. The number of likely N-dealkylation sites (tertiary alicyclic amines) is 1. The number of rotatable bonds is 5. The van der Waals surface area contributed by atoms with Gasteiger partial charge in [-0.1, -0.05) is 0 Å². The Hall–Kier alpha value is -0.870. The van der Waals surface area contributed by atoms with E-state index < -0.39 is 0 Å². The lowest BCUT2D eigenvalue weighted by molar-refractivity contribution is 0.146. The Labute approximate surface area is 109 Å². The van der Waals surface area contributed by atoms with Gasteiger partial charge in [-0.3, -0.25) is 0 Å². The van der Waals surface area contributed by atoms with Crippen LogP contribution < -0.4 is 0 Å². The van der Waals surface area contributed by atoms with Crippen molar-refractivity contribution in [1.82, 2.24) is 9.88 Å². The molecule has 4 nitrogen and oxygen atoms in total. The smallest absolute Gasteiger partial charge is 0.194 e. The summed E-state index contributed by atoms with van der Waals surface area (Å²) in [6, 6.07) is 0.656. The SMILES string of the molecule is CC(C)N1CCC(Cc2ncc(CCO)o2)CC1. The summed E-state index contributed by atoms with van der Waals surface area (Å²) in [6.07, 6.45) is 5.72.